The third-order valence-electron chi connectivity index (χ3n) is 4.95. The maximum atomic E-state index is 12.8. The largest absolute Gasteiger partial charge is 0.491 e. The van der Waals surface area contributed by atoms with Crippen LogP contribution in [0, 0.1) is 6.92 Å². The van der Waals surface area contributed by atoms with Crippen LogP contribution in [-0.4, -0.2) is 54.4 Å². The average molecular weight is 383 g/mol. The molecule has 0 saturated carbocycles. The van der Waals surface area contributed by atoms with E-state index in [-0.39, 0.29) is 22.8 Å². The molecular weight excluding hydrogens is 348 g/mol. The minimum atomic E-state index is -0.799. The first-order valence-electron chi connectivity index (χ1n) is 9.72. The highest BCUT2D eigenvalue weighted by molar-refractivity contribution is 5.96. The number of likely N-dealkylation sites (N-methyl/N-ethyl adjacent to an activating group) is 1. The lowest BCUT2D eigenvalue weighted by Crippen LogP contribution is -2.55. The van der Waals surface area contributed by atoms with E-state index in [0.29, 0.717) is 37.4 Å². The van der Waals surface area contributed by atoms with Crippen molar-refractivity contribution in [3.05, 3.63) is 27.2 Å². The highest BCUT2D eigenvalue weighted by Crippen LogP contribution is 2.46. The van der Waals surface area contributed by atoms with Crippen LogP contribution in [0.2, 0.25) is 0 Å². The lowest BCUT2D eigenvalue weighted by atomic mass is 9.93. The Labute approximate surface area is 161 Å². The van der Waals surface area contributed by atoms with Crippen LogP contribution < -0.4 is 10.2 Å². The first-order valence-corrected chi connectivity index (χ1v) is 9.72. The smallest absolute Gasteiger partial charge is 0.274 e. The summed E-state index contributed by atoms with van der Waals surface area (Å²) in [6.07, 6.45) is -0.391. The molecule has 0 spiro atoms. The summed E-state index contributed by atoms with van der Waals surface area (Å²) in [7, 11) is 2.99. The maximum Gasteiger partial charge on any atom is 0.274 e. The number of aromatic nitrogens is 1. The third kappa shape index (κ3) is 3.50. The summed E-state index contributed by atoms with van der Waals surface area (Å²) in [5.41, 5.74) is 0.238. The fraction of sp³-hybridized carbons (Fsp3) is 0.700. The first kappa shape index (κ1) is 23.2. The van der Waals surface area contributed by atoms with Gasteiger partial charge in [0.2, 0.25) is 5.43 Å². The second-order valence-electron chi connectivity index (χ2n) is 6.25. The quantitative estimate of drug-likeness (QED) is 0.865. The maximum absolute atomic E-state index is 12.8. The van der Waals surface area contributed by atoms with E-state index in [1.807, 2.05) is 34.6 Å². The average Bonchev–Trinajstić information content (AvgIpc) is 2.97. The summed E-state index contributed by atoms with van der Waals surface area (Å²) in [6, 6.07) is 0. The molecule has 2 unspecified atom stereocenters. The van der Waals surface area contributed by atoms with Crippen LogP contribution in [0.1, 0.15) is 68.9 Å². The Kier molecular flexibility index (Phi) is 8.04. The van der Waals surface area contributed by atoms with Gasteiger partial charge in [-0.2, -0.15) is 0 Å². The Morgan fingerprint density at radius 3 is 2.26 bits per heavy atom. The molecule has 3 rings (SSSR count). The van der Waals surface area contributed by atoms with Crippen LogP contribution in [0.5, 0.6) is 5.75 Å². The van der Waals surface area contributed by atoms with Gasteiger partial charge in [-0.15, -0.1) is 0 Å². The van der Waals surface area contributed by atoms with Crippen molar-refractivity contribution < 1.29 is 19.4 Å². The van der Waals surface area contributed by atoms with Crippen molar-refractivity contribution in [3.63, 3.8) is 0 Å². The van der Waals surface area contributed by atoms with Crippen LogP contribution >= 0.6 is 0 Å². The Bertz CT molecular complexity index is 728. The molecule has 1 aromatic heterocycles. The van der Waals surface area contributed by atoms with Gasteiger partial charge in [0.05, 0.1) is 31.1 Å². The Morgan fingerprint density at radius 2 is 1.78 bits per heavy atom. The fourth-order valence-electron chi connectivity index (χ4n) is 4.01. The topological polar surface area (TPSA) is 81.0 Å². The molecule has 154 valence electrons. The third-order valence-corrected chi connectivity index (χ3v) is 4.95. The zero-order valence-electron chi connectivity index (χ0n) is 17.9. The molecule has 7 nitrogen and oxygen atoms in total. The van der Waals surface area contributed by atoms with Gasteiger partial charge in [0.15, 0.2) is 11.4 Å². The number of aliphatic hydroxyl groups excluding tert-OH is 1. The Morgan fingerprint density at radius 1 is 1.19 bits per heavy atom. The highest BCUT2D eigenvalue weighted by Gasteiger charge is 2.52. The summed E-state index contributed by atoms with van der Waals surface area (Å²) in [5, 5.41) is 10.6. The number of methoxy groups -OCH3 is 2. The van der Waals surface area contributed by atoms with E-state index in [4.69, 9.17) is 9.47 Å². The fourth-order valence-corrected chi connectivity index (χ4v) is 4.01. The predicted octanol–water partition coefficient (Wildman–Crippen LogP) is 2.47. The van der Waals surface area contributed by atoms with Crippen molar-refractivity contribution in [1.82, 2.24) is 9.47 Å². The number of hydrogen-bond donors (Lipinski definition) is 1. The van der Waals surface area contributed by atoms with Crippen LogP contribution in [-0.2, 0) is 10.3 Å². The molecule has 2 atom stereocenters. The molecule has 2 aliphatic heterocycles. The molecule has 0 aliphatic carbocycles. The van der Waals surface area contributed by atoms with Gasteiger partial charge < -0.3 is 24.0 Å². The number of nitrogens with zero attached hydrogens (tertiary/aromatic N) is 2. The number of aliphatic hydroxyl groups is 1. The number of amides is 1. The van der Waals surface area contributed by atoms with Gasteiger partial charge in [0.1, 0.15) is 0 Å². The summed E-state index contributed by atoms with van der Waals surface area (Å²) in [6.45, 7) is 12.9. The van der Waals surface area contributed by atoms with Crippen molar-refractivity contribution >= 4 is 5.91 Å². The van der Waals surface area contributed by atoms with Gasteiger partial charge >= 0.3 is 0 Å². The van der Waals surface area contributed by atoms with Gasteiger partial charge in [0, 0.05) is 32.2 Å². The number of carbonyl (C=O) groups excluding carboxylic acids is 1. The monoisotopic (exact) mass is 382 g/mol. The predicted molar refractivity (Wildman–Crippen MR) is 106 cm³/mol. The molecule has 2 aliphatic rings. The molecule has 3 heterocycles. The van der Waals surface area contributed by atoms with E-state index < -0.39 is 11.6 Å². The molecular formula is C20H34N2O5. The summed E-state index contributed by atoms with van der Waals surface area (Å²) in [4.78, 5) is 27.1. The van der Waals surface area contributed by atoms with Crippen molar-refractivity contribution in [1.29, 1.82) is 0 Å². The van der Waals surface area contributed by atoms with Crippen molar-refractivity contribution in [3.8, 4) is 5.75 Å². The number of ether oxygens (including phenoxy) is 2. The molecule has 0 radical (unpaired) electrons. The van der Waals surface area contributed by atoms with Crippen LogP contribution in [0.25, 0.3) is 0 Å². The zero-order chi connectivity index (χ0) is 20.9. The van der Waals surface area contributed by atoms with E-state index >= 15 is 0 Å². The van der Waals surface area contributed by atoms with Gasteiger partial charge in [-0.05, 0) is 13.8 Å². The summed E-state index contributed by atoms with van der Waals surface area (Å²) in [5.74, 6) is -0.201. The standard InChI is InChI=1S/C16H22N2O5.2C2H6/c1-5-17-7-16(8-22-3)6-10(19)11-9(2)13(20)14(23-4)12(15(17)21)18(11)16;2*1-2/h10,19H,5-8H2,1-4H3;2*1-2H3. The number of rotatable bonds is 4. The Balaban J connectivity index is 0.000000855. The minimum absolute atomic E-state index is 0.0454. The molecule has 7 heteroatoms. The number of hydrogen-bond acceptors (Lipinski definition) is 5. The highest BCUT2D eigenvalue weighted by atomic mass is 16.5. The van der Waals surface area contributed by atoms with Crippen molar-refractivity contribution in [2.75, 3.05) is 33.9 Å². The van der Waals surface area contributed by atoms with Crippen molar-refractivity contribution in [2.24, 2.45) is 0 Å². The second-order valence-corrected chi connectivity index (χ2v) is 6.25. The van der Waals surface area contributed by atoms with E-state index in [9.17, 15) is 14.7 Å². The summed E-state index contributed by atoms with van der Waals surface area (Å²) >= 11 is 0. The zero-order valence-corrected chi connectivity index (χ0v) is 17.9. The molecule has 0 bridgehead atoms. The van der Waals surface area contributed by atoms with Gasteiger partial charge in [-0.3, -0.25) is 9.59 Å². The molecule has 1 N–H and O–H groups in total. The molecule has 0 aromatic carbocycles. The molecule has 0 saturated heterocycles. The van der Waals surface area contributed by atoms with E-state index in [0.717, 1.165) is 0 Å². The van der Waals surface area contributed by atoms with Crippen LogP contribution in [0.15, 0.2) is 4.79 Å². The Hall–Kier alpha value is -1.86. The van der Waals surface area contributed by atoms with Gasteiger partial charge in [-0.25, -0.2) is 0 Å². The summed E-state index contributed by atoms with van der Waals surface area (Å²) < 4.78 is 12.5. The lowest BCUT2D eigenvalue weighted by molar-refractivity contribution is 0.0214. The lowest BCUT2D eigenvalue weighted by Gasteiger charge is -2.42. The van der Waals surface area contributed by atoms with Gasteiger partial charge in [-0.1, -0.05) is 27.7 Å². The number of carbonyl (C=O) groups is 1. The van der Waals surface area contributed by atoms with E-state index in [2.05, 4.69) is 0 Å². The molecule has 1 aromatic rings. The van der Waals surface area contributed by atoms with Crippen molar-refractivity contribution in [2.45, 2.75) is 59.6 Å². The molecule has 0 fully saturated rings. The molecule has 1 amide bonds. The second kappa shape index (κ2) is 9.37. The minimum Gasteiger partial charge on any atom is -0.491 e. The van der Waals surface area contributed by atoms with E-state index in [1.54, 1.807) is 23.5 Å². The normalized spacial score (nSPS) is 22.3. The van der Waals surface area contributed by atoms with Crippen LogP contribution in [0.3, 0.4) is 0 Å². The van der Waals surface area contributed by atoms with Gasteiger partial charge in [0.25, 0.3) is 5.91 Å². The SMILES string of the molecule is CC.CC.CCN1CC2(COC)CC(O)c3c(C)c(=O)c(OC)c(n32)C1=O. The van der Waals surface area contributed by atoms with Crippen LogP contribution in [0.4, 0.5) is 0 Å². The molecule has 27 heavy (non-hydrogen) atoms. The first-order chi connectivity index (χ1) is 12.9. The van der Waals surface area contributed by atoms with E-state index in [1.165, 1.54) is 7.11 Å². The number of pyridine rings is 1.